The van der Waals surface area contributed by atoms with Crippen molar-refractivity contribution < 1.29 is 9.84 Å². The molecule has 0 aliphatic heterocycles. The lowest BCUT2D eigenvalue weighted by molar-refractivity contribution is 0.171. The van der Waals surface area contributed by atoms with Crippen LogP contribution in [0.5, 0.6) is 0 Å². The number of aliphatic hydroxyl groups is 1. The third-order valence-electron chi connectivity index (χ3n) is 2.31. The molecule has 0 radical (unpaired) electrons. The quantitative estimate of drug-likeness (QED) is 0.686. The Morgan fingerprint density at radius 1 is 1.60 bits per heavy atom. The summed E-state index contributed by atoms with van der Waals surface area (Å²) < 4.78 is 6.84. The molecule has 86 valence electrons. The summed E-state index contributed by atoms with van der Waals surface area (Å²) in [6, 6.07) is 0.105. The lowest BCUT2D eigenvalue weighted by Gasteiger charge is -2.13. The molecule has 1 rings (SSSR count). The summed E-state index contributed by atoms with van der Waals surface area (Å²) in [5.74, 6) is 0. The first-order valence-corrected chi connectivity index (χ1v) is 4.97. The molecule has 1 unspecified atom stereocenters. The predicted octanol–water partition coefficient (Wildman–Crippen LogP) is -0.173. The Balaban J connectivity index is 2.90. The van der Waals surface area contributed by atoms with E-state index < -0.39 is 0 Å². The average molecular weight is 214 g/mol. The number of rotatable bonds is 6. The second-order valence-corrected chi connectivity index (χ2v) is 3.43. The van der Waals surface area contributed by atoms with Gasteiger partial charge in [-0.1, -0.05) is 5.21 Å². The van der Waals surface area contributed by atoms with Crippen LogP contribution in [0.3, 0.4) is 0 Å². The highest BCUT2D eigenvalue weighted by molar-refractivity contribution is 5.09. The molecule has 0 aromatic carbocycles. The second kappa shape index (κ2) is 5.79. The SMILES string of the molecule is COCc1c(CN)nnn1C(C)CCO. The Labute approximate surface area is 89.0 Å². The van der Waals surface area contributed by atoms with E-state index >= 15 is 0 Å². The van der Waals surface area contributed by atoms with Crippen LogP contribution in [0.1, 0.15) is 30.8 Å². The summed E-state index contributed by atoms with van der Waals surface area (Å²) in [6.45, 7) is 2.90. The Morgan fingerprint density at radius 3 is 2.87 bits per heavy atom. The molecule has 6 heteroatoms. The van der Waals surface area contributed by atoms with Crippen LogP contribution in [0.25, 0.3) is 0 Å². The van der Waals surface area contributed by atoms with Crippen molar-refractivity contribution in [2.75, 3.05) is 13.7 Å². The largest absolute Gasteiger partial charge is 0.396 e. The van der Waals surface area contributed by atoms with Gasteiger partial charge in [-0.25, -0.2) is 4.68 Å². The lowest BCUT2D eigenvalue weighted by atomic mass is 10.2. The van der Waals surface area contributed by atoms with E-state index in [1.807, 2.05) is 6.92 Å². The standard InChI is InChI=1S/C9H18N4O2/c1-7(3-4-14)13-9(6-15-2)8(5-10)11-12-13/h7,14H,3-6,10H2,1-2H3. The third-order valence-corrected chi connectivity index (χ3v) is 2.31. The molecule has 0 spiro atoms. The van der Waals surface area contributed by atoms with Gasteiger partial charge in [0.2, 0.25) is 0 Å². The van der Waals surface area contributed by atoms with Crippen LogP contribution in [-0.2, 0) is 17.9 Å². The van der Waals surface area contributed by atoms with Crippen LogP contribution in [-0.4, -0.2) is 33.8 Å². The fraction of sp³-hybridized carbons (Fsp3) is 0.778. The van der Waals surface area contributed by atoms with E-state index in [-0.39, 0.29) is 12.6 Å². The Morgan fingerprint density at radius 2 is 2.33 bits per heavy atom. The van der Waals surface area contributed by atoms with Crippen LogP contribution in [0, 0.1) is 0 Å². The highest BCUT2D eigenvalue weighted by atomic mass is 16.5. The summed E-state index contributed by atoms with van der Waals surface area (Å²) in [6.07, 6.45) is 0.643. The monoisotopic (exact) mass is 214 g/mol. The maximum absolute atomic E-state index is 8.87. The van der Waals surface area contributed by atoms with Gasteiger partial charge in [-0.3, -0.25) is 0 Å². The van der Waals surface area contributed by atoms with Gasteiger partial charge in [-0.2, -0.15) is 0 Å². The van der Waals surface area contributed by atoms with Crippen LogP contribution in [0.15, 0.2) is 0 Å². The molecule has 1 aromatic rings. The molecule has 1 atom stereocenters. The van der Waals surface area contributed by atoms with Crippen molar-refractivity contribution in [3.05, 3.63) is 11.4 Å². The normalized spacial score (nSPS) is 13.1. The van der Waals surface area contributed by atoms with E-state index in [2.05, 4.69) is 10.3 Å². The Hall–Kier alpha value is -0.980. The van der Waals surface area contributed by atoms with Gasteiger partial charge >= 0.3 is 0 Å². The summed E-state index contributed by atoms with van der Waals surface area (Å²) in [5.41, 5.74) is 7.19. The van der Waals surface area contributed by atoms with Gasteiger partial charge in [0.25, 0.3) is 0 Å². The molecule has 1 aromatic heterocycles. The van der Waals surface area contributed by atoms with Crippen molar-refractivity contribution in [2.24, 2.45) is 5.73 Å². The van der Waals surface area contributed by atoms with Crippen molar-refractivity contribution >= 4 is 0 Å². The van der Waals surface area contributed by atoms with E-state index in [1.54, 1.807) is 11.8 Å². The molecule has 3 N–H and O–H groups in total. The summed E-state index contributed by atoms with van der Waals surface area (Å²) >= 11 is 0. The summed E-state index contributed by atoms with van der Waals surface area (Å²) in [5, 5.41) is 16.9. The number of nitrogens with two attached hydrogens (primary N) is 1. The molecule has 15 heavy (non-hydrogen) atoms. The lowest BCUT2D eigenvalue weighted by Crippen LogP contribution is -2.14. The van der Waals surface area contributed by atoms with Gasteiger partial charge in [0.1, 0.15) is 5.69 Å². The maximum atomic E-state index is 8.87. The van der Waals surface area contributed by atoms with E-state index in [0.29, 0.717) is 19.6 Å². The first-order chi connectivity index (χ1) is 7.24. The Bertz CT molecular complexity index is 300. The van der Waals surface area contributed by atoms with E-state index in [0.717, 1.165) is 11.4 Å². The van der Waals surface area contributed by atoms with Crippen molar-refractivity contribution in [1.29, 1.82) is 0 Å². The van der Waals surface area contributed by atoms with Gasteiger partial charge in [0.15, 0.2) is 0 Å². The molecular formula is C9H18N4O2. The maximum Gasteiger partial charge on any atom is 0.102 e. The number of aliphatic hydroxyl groups excluding tert-OH is 1. The molecule has 0 saturated heterocycles. The molecular weight excluding hydrogens is 196 g/mol. The topological polar surface area (TPSA) is 86.2 Å². The molecule has 0 amide bonds. The minimum absolute atomic E-state index is 0.105. The number of ether oxygens (including phenoxy) is 1. The number of hydrogen-bond donors (Lipinski definition) is 2. The van der Waals surface area contributed by atoms with Crippen molar-refractivity contribution in [1.82, 2.24) is 15.0 Å². The van der Waals surface area contributed by atoms with Crippen molar-refractivity contribution in [2.45, 2.75) is 32.5 Å². The molecule has 0 fully saturated rings. The smallest absolute Gasteiger partial charge is 0.102 e. The molecule has 1 heterocycles. The van der Waals surface area contributed by atoms with Gasteiger partial charge in [0, 0.05) is 20.3 Å². The highest BCUT2D eigenvalue weighted by Crippen LogP contribution is 2.15. The zero-order valence-electron chi connectivity index (χ0n) is 9.18. The predicted molar refractivity (Wildman–Crippen MR) is 55.0 cm³/mol. The number of methoxy groups -OCH3 is 1. The molecule has 6 nitrogen and oxygen atoms in total. The molecule has 0 aliphatic rings. The fourth-order valence-electron chi connectivity index (χ4n) is 1.45. The van der Waals surface area contributed by atoms with E-state index in [1.165, 1.54) is 0 Å². The number of hydrogen-bond acceptors (Lipinski definition) is 5. The first kappa shape index (κ1) is 12.1. The number of nitrogens with zero attached hydrogens (tertiary/aromatic N) is 3. The number of aromatic nitrogens is 3. The molecule has 0 bridgehead atoms. The van der Waals surface area contributed by atoms with Gasteiger partial charge in [0.05, 0.1) is 18.3 Å². The first-order valence-electron chi connectivity index (χ1n) is 4.97. The zero-order valence-corrected chi connectivity index (χ0v) is 9.18. The minimum Gasteiger partial charge on any atom is -0.396 e. The van der Waals surface area contributed by atoms with E-state index in [4.69, 9.17) is 15.6 Å². The van der Waals surface area contributed by atoms with Crippen molar-refractivity contribution in [3.63, 3.8) is 0 Å². The second-order valence-electron chi connectivity index (χ2n) is 3.43. The summed E-state index contributed by atoms with van der Waals surface area (Å²) in [4.78, 5) is 0. The third kappa shape index (κ3) is 2.74. The van der Waals surface area contributed by atoms with Crippen LogP contribution < -0.4 is 5.73 Å². The summed E-state index contributed by atoms with van der Waals surface area (Å²) in [7, 11) is 1.62. The highest BCUT2D eigenvalue weighted by Gasteiger charge is 2.15. The fourth-order valence-corrected chi connectivity index (χ4v) is 1.45. The van der Waals surface area contributed by atoms with Crippen LogP contribution in [0.2, 0.25) is 0 Å². The van der Waals surface area contributed by atoms with Crippen LogP contribution >= 0.6 is 0 Å². The van der Waals surface area contributed by atoms with E-state index in [9.17, 15) is 0 Å². The van der Waals surface area contributed by atoms with Gasteiger partial charge in [-0.05, 0) is 13.3 Å². The van der Waals surface area contributed by atoms with Crippen molar-refractivity contribution in [3.8, 4) is 0 Å². The van der Waals surface area contributed by atoms with Crippen LogP contribution in [0.4, 0.5) is 0 Å². The zero-order chi connectivity index (χ0) is 11.3. The molecule has 0 aliphatic carbocycles. The molecule has 0 saturated carbocycles. The Kier molecular flexibility index (Phi) is 4.67. The minimum atomic E-state index is 0.105. The van der Waals surface area contributed by atoms with Gasteiger partial charge in [-0.15, -0.1) is 5.10 Å². The average Bonchev–Trinajstić information content (AvgIpc) is 2.62. The van der Waals surface area contributed by atoms with Gasteiger partial charge < -0.3 is 15.6 Å².